The Morgan fingerprint density at radius 3 is 3.13 bits per heavy atom. The molecule has 0 saturated carbocycles. The van der Waals surface area contributed by atoms with Gasteiger partial charge in [-0.15, -0.1) is 0 Å². The number of nitrogens with zero attached hydrogens (tertiary/aromatic N) is 2. The molecular formula is C9H10IN3O2. The summed E-state index contributed by atoms with van der Waals surface area (Å²) in [4.78, 5) is 17.2. The van der Waals surface area contributed by atoms with Crippen molar-refractivity contribution in [2.45, 2.75) is 12.6 Å². The summed E-state index contributed by atoms with van der Waals surface area (Å²) in [6.07, 6.45) is 1.47. The van der Waals surface area contributed by atoms with Gasteiger partial charge in [0.1, 0.15) is 9.93 Å². The Morgan fingerprint density at radius 1 is 1.67 bits per heavy atom. The summed E-state index contributed by atoms with van der Waals surface area (Å²) < 4.78 is 0.837. The molecule has 2 rings (SSSR count). The molecular weight excluding hydrogens is 309 g/mol. The van der Waals surface area contributed by atoms with Crippen LogP contribution in [0.3, 0.4) is 0 Å². The predicted octanol–water partition coefficient (Wildman–Crippen LogP) is 0.924. The molecule has 1 aliphatic rings. The third kappa shape index (κ3) is 2.37. The van der Waals surface area contributed by atoms with Gasteiger partial charge in [-0.1, -0.05) is 0 Å². The predicted molar refractivity (Wildman–Crippen MR) is 63.5 cm³/mol. The number of aromatic nitrogens is 1. The number of nitrogens with one attached hydrogen (secondary N) is 1. The van der Waals surface area contributed by atoms with Crippen LogP contribution in [0.2, 0.25) is 0 Å². The molecule has 0 bridgehead atoms. The molecule has 1 fully saturated rings. The van der Waals surface area contributed by atoms with E-state index in [0.717, 1.165) is 9.39 Å². The van der Waals surface area contributed by atoms with Crippen molar-refractivity contribution in [3.8, 4) is 0 Å². The maximum atomic E-state index is 11.5. The standard InChI is InChI=1S/C9H10IN3O2/c10-7-5-6(1-3-11-7)13-4-2-8(14)12-9(13)15/h1,3,5,8,14H,2,4H2,(H,12,15). The van der Waals surface area contributed by atoms with Gasteiger partial charge in [0, 0.05) is 24.8 Å². The number of rotatable bonds is 1. The van der Waals surface area contributed by atoms with Gasteiger partial charge >= 0.3 is 6.03 Å². The highest BCUT2D eigenvalue weighted by atomic mass is 127. The maximum Gasteiger partial charge on any atom is 0.323 e. The van der Waals surface area contributed by atoms with Crippen LogP contribution in [0.15, 0.2) is 18.3 Å². The maximum absolute atomic E-state index is 11.5. The van der Waals surface area contributed by atoms with E-state index in [0.29, 0.717) is 13.0 Å². The average Bonchev–Trinajstić information content (AvgIpc) is 2.17. The number of hydrogen-bond donors (Lipinski definition) is 2. The third-order valence-electron chi connectivity index (χ3n) is 2.18. The summed E-state index contributed by atoms with van der Waals surface area (Å²) in [5.41, 5.74) is 0.804. The monoisotopic (exact) mass is 319 g/mol. The molecule has 1 unspecified atom stereocenters. The number of carbonyl (C=O) groups is 1. The van der Waals surface area contributed by atoms with Crippen LogP contribution in [0.25, 0.3) is 0 Å². The van der Waals surface area contributed by atoms with Gasteiger partial charge in [-0.3, -0.25) is 9.88 Å². The molecule has 0 spiro atoms. The number of urea groups is 1. The molecule has 6 heteroatoms. The van der Waals surface area contributed by atoms with E-state index >= 15 is 0 Å². The van der Waals surface area contributed by atoms with Crippen LogP contribution < -0.4 is 10.2 Å². The van der Waals surface area contributed by atoms with Gasteiger partial charge in [-0.25, -0.2) is 4.79 Å². The van der Waals surface area contributed by atoms with Crippen LogP contribution in [-0.4, -0.2) is 28.9 Å². The number of aliphatic hydroxyl groups excluding tert-OH is 1. The van der Waals surface area contributed by atoms with E-state index in [9.17, 15) is 9.90 Å². The van der Waals surface area contributed by atoms with Crippen LogP contribution in [0.4, 0.5) is 10.5 Å². The third-order valence-corrected chi connectivity index (χ3v) is 2.77. The largest absolute Gasteiger partial charge is 0.374 e. The minimum Gasteiger partial charge on any atom is -0.374 e. The van der Waals surface area contributed by atoms with Crippen molar-refractivity contribution < 1.29 is 9.90 Å². The number of pyridine rings is 1. The lowest BCUT2D eigenvalue weighted by molar-refractivity contribution is 0.125. The van der Waals surface area contributed by atoms with Crippen LogP contribution in [0.1, 0.15) is 6.42 Å². The lowest BCUT2D eigenvalue weighted by Crippen LogP contribution is -2.51. The topological polar surface area (TPSA) is 65.5 Å². The van der Waals surface area contributed by atoms with Crippen molar-refractivity contribution in [3.05, 3.63) is 22.0 Å². The highest BCUT2D eigenvalue weighted by Crippen LogP contribution is 2.18. The quantitative estimate of drug-likeness (QED) is 0.598. The van der Waals surface area contributed by atoms with E-state index in [1.807, 2.05) is 6.07 Å². The first kappa shape index (κ1) is 10.6. The van der Waals surface area contributed by atoms with Gasteiger partial charge in [-0.2, -0.15) is 0 Å². The number of anilines is 1. The Hall–Kier alpha value is -0.890. The summed E-state index contributed by atoms with van der Waals surface area (Å²) in [7, 11) is 0. The van der Waals surface area contributed by atoms with Gasteiger partial charge in [0.15, 0.2) is 0 Å². The smallest absolute Gasteiger partial charge is 0.323 e. The van der Waals surface area contributed by atoms with Gasteiger partial charge in [-0.05, 0) is 34.7 Å². The summed E-state index contributed by atoms with van der Waals surface area (Å²) in [5, 5.41) is 11.7. The van der Waals surface area contributed by atoms with Crippen LogP contribution in [-0.2, 0) is 0 Å². The molecule has 15 heavy (non-hydrogen) atoms. The lowest BCUT2D eigenvalue weighted by Gasteiger charge is -2.30. The van der Waals surface area contributed by atoms with Crippen LogP contribution in [0.5, 0.6) is 0 Å². The lowest BCUT2D eigenvalue weighted by atomic mass is 10.2. The first-order valence-electron chi connectivity index (χ1n) is 4.54. The molecule has 0 aliphatic carbocycles. The Kier molecular flexibility index (Phi) is 3.06. The number of halogens is 1. The fourth-order valence-corrected chi connectivity index (χ4v) is 1.93. The molecule has 0 aromatic carbocycles. The van der Waals surface area contributed by atoms with E-state index in [4.69, 9.17) is 0 Å². The number of hydrogen-bond acceptors (Lipinski definition) is 3. The molecule has 2 N–H and O–H groups in total. The molecule has 1 aromatic heterocycles. The Bertz CT molecular complexity index is 385. The van der Waals surface area contributed by atoms with Crippen molar-refractivity contribution in [1.29, 1.82) is 0 Å². The first-order chi connectivity index (χ1) is 7.16. The summed E-state index contributed by atoms with van der Waals surface area (Å²) >= 11 is 2.09. The summed E-state index contributed by atoms with van der Waals surface area (Å²) in [6.45, 7) is 0.521. The fourth-order valence-electron chi connectivity index (χ4n) is 1.45. The Morgan fingerprint density at radius 2 is 2.47 bits per heavy atom. The second-order valence-electron chi connectivity index (χ2n) is 3.24. The Balaban J connectivity index is 2.20. The highest BCUT2D eigenvalue weighted by Gasteiger charge is 2.24. The van der Waals surface area contributed by atoms with E-state index in [2.05, 4.69) is 32.9 Å². The summed E-state index contributed by atoms with van der Waals surface area (Å²) in [5.74, 6) is 0. The zero-order chi connectivity index (χ0) is 10.8. The molecule has 80 valence electrons. The second-order valence-corrected chi connectivity index (χ2v) is 4.35. The number of amides is 2. The molecule has 1 atom stereocenters. The van der Waals surface area contributed by atoms with Crippen LogP contribution in [0, 0.1) is 3.70 Å². The van der Waals surface area contributed by atoms with Crippen molar-refractivity contribution in [3.63, 3.8) is 0 Å². The molecule has 2 amide bonds. The number of carbonyl (C=O) groups excluding carboxylic acids is 1. The normalized spacial score (nSPS) is 21.3. The Labute approximate surface area is 101 Å². The first-order valence-corrected chi connectivity index (χ1v) is 5.62. The van der Waals surface area contributed by atoms with Gasteiger partial charge in [0.2, 0.25) is 0 Å². The average molecular weight is 319 g/mol. The van der Waals surface area contributed by atoms with E-state index in [1.165, 1.54) is 0 Å². The summed E-state index contributed by atoms with van der Waals surface area (Å²) in [6, 6.07) is 3.34. The van der Waals surface area contributed by atoms with E-state index in [-0.39, 0.29) is 6.03 Å². The molecule has 1 aromatic rings. The highest BCUT2D eigenvalue weighted by molar-refractivity contribution is 14.1. The molecule has 1 saturated heterocycles. The van der Waals surface area contributed by atoms with E-state index < -0.39 is 6.23 Å². The minimum absolute atomic E-state index is 0.268. The van der Waals surface area contributed by atoms with Gasteiger partial charge in [0.05, 0.1) is 0 Å². The van der Waals surface area contributed by atoms with Gasteiger partial charge < -0.3 is 10.4 Å². The minimum atomic E-state index is -0.727. The zero-order valence-electron chi connectivity index (χ0n) is 7.85. The van der Waals surface area contributed by atoms with E-state index in [1.54, 1.807) is 17.2 Å². The molecule has 5 nitrogen and oxygen atoms in total. The van der Waals surface area contributed by atoms with Crippen molar-refractivity contribution in [2.75, 3.05) is 11.4 Å². The SMILES string of the molecule is O=C1NC(O)CCN1c1ccnc(I)c1. The van der Waals surface area contributed by atoms with Crippen molar-refractivity contribution in [1.82, 2.24) is 10.3 Å². The molecule has 0 radical (unpaired) electrons. The van der Waals surface area contributed by atoms with Crippen molar-refractivity contribution in [2.24, 2.45) is 0 Å². The second kappa shape index (κ2) is 4.31. The molecule has 2 heterocycles. The van der Waals surface area contributed by atoms with Crippen molar-refractivity contribution >= 4 is 34.3 Å². The fraction of sp³-hybridized carbons (Fsp3) is 0.333. The molecule has 1 aliphatic heterocycles. The zero-order valence-corrected chi connectivity index (χ0v) is 10.0. The number of aliphatic hydroxyl groups is 1. The van der Waals surface area contributed by atoms with Gasteiger partial charge in [0.25, 0.3) is 0 Å². The van der Waals surface area contributed by atoms with Crippen LogP contribution >= 0.6 is 22.6 Å².